The van der Waals surface area contributed by atoms with E-state index in [1.807, 2.05) is 0 Å². The van der Waals surface area contributed by atoms with Gasteiger partial charge in [0.25, 0.3) is 5.91 Å². The lowest BCUT2D eigenvalue weighted by Crippen LogP contribution is -2.42. The fraction of sp³-hybridized carbons (Fsp3) is 0.455. The molecule has 0 spiro atoms. The molecule has 1 aromatic heterocycles. The molecule has 0 aliphatic carbocycles. The van der Waals surface area contributed by atoms with Crippen molar-refractivity contribution in [2.45, 2.75) is 17.7 Å². The van der Waals surface area contributed by atoms with E-state index in [9.17, 15) is 9.00 Å². The maximum atomic E-state index is 12.3. The monoisotopic (exact) mass is 304 g/mol. The Morgan fingerprint density at radius 1 is 1.39 bits per heavy atom. The van der Waals surface area contributed by atoms with Crippen LogP contribution in [-0.2, 0) is 10.8 Å². The van der Waals surface area contributed by atoms with Gasteiger partial charge in [-0.1, -0.05) is 23.2 Å². The second kappa shape index (κ2) is 4.47. The van der Waals surface area contributed by atoms with Crippen LogP contribution in [0.25, 0.3) is 0 Å². The minimum atomic E-state index is -0.772. The average Bonchev–Trinajstić information content (AvgIpc) is 2.85. The summed E-state index contributed by atoms with van der Waals surface area (Å²) in [5, 5.41) is 0.546. The van der Waals surface area contributed by atoms with Gasteiger partial charge in [0.2, 0.25) is 0 Å². The Labute approximate surface area is 117 Å². The molecule has 3 rings (SSSR count). The zero-order valence-electron chi connectivity index (χ0n) is 9.31. The summed E-state index contributed by atoms with van der Waals surface area (Å²) >= 11 is 11.6. The largest absolute Gasteiger partial charge is 0.333 e. The molecule has 1 amide bonds. The molecule has 18 heavy (non-hydrogen) atoms. The first-order chi connectivity index (χ1) is 8.54. The smallest absolute Gasteiger partial charge is 0.254 e. The van der Waals surface area contributed by atoms with Gasteiger partial charge < -0.3 is 4.90 Å². The lowest BCUT2D eigenvalue weighted by Gasteiger charge is -2.26. The summed E-state index contributed by atoms with van der Waals surface area (Å²) in [7, 11) is -0.772. The molecule has 96 valence electrons. The summed E-state index contributed by atoms with van der Waals surface area (Å²) in [6.07, 6.45) is 0.838. The number of halogens is 2. The second-order valence-electron chi connectivity index (χ2n) is 4.52. The number of hydrogen-bond acceptors (Lipinski definition) is 3. The first-order valence-electron chi connectivity index (χ1n) is 5.56. The Bertz CT molecular complexity index is 532. The van der Waals surface area contributed by atoms with E-state index in [1.54, 1.807) is 4.90 Å². The molecule has 0 N–H and O–H groups in total. The maximum Gasteiger partial charge on any atom is 0.254 e. The van der Waals surface area contributed by atoms with Crippen molar-refractivity contribution < 1.29 is 9.00 Å². The molecule has 4 nitrogen and oxygen atoms in total. The molecular weight excluding hydrogens is 295 g/mol. The summed E-state index contributed by atoms with van der Waals surface area (Å²) in [6.45, 7) is 0.563. The Balaban J connectivity index is 1.86. The number of carbonyl (C=O) groups excluding carboxylic acids is 1. The zero-order chi connectivity index (χ0) is 12.9. The summed E-state index contributed by atoms with van der Waals surface area (Å²) < 4.78 is 11.6. The van der Waals surface area contributed by atoms with Crippen LogP contribution in [0.15, 0.2) is 12.1 Å². The first-order valence-corrected chi connectivity index (χ1v) is 7.69. The first kappa shape index (κ1) is 12.4. The minimum Gasteiger partial charge on any atom is -0.333 e. The predicted molar refractivity (Wildman–Crippen MR) is 70.5 cm³/mol. The standard InChI is InChI=1S/C11H10Cl2N2O2S/c12-9-1-6(2-10(13)14-9)11(16)15-4-8-3-7(15)5-18(8)17/h1-2,7-8H,3-5H2/t7-,8-,18?/m0/s1. The van der Waals surface area contributed by atoms with Crippen LogP contribution in [-0.4, -0.2) is 43.6 Å². The highest BCUT2D eigenvalue weighted by atomic mass is 35.5. The number of rotatable bonds is 1. The van der Waals surface area contributed by atoms with Crippen molar-refractivity contribution in [1.29, 1.82) is 0 Å². The van der Waals surface area contributed by atoms with Gasteiger partial charge in [0.15, 0.2) is 0 Å². The van der Waals surface area contributed by atoms with Gasteiger partial charge in [-0.15, -0.1) is 0 Å². The summed E-state index contributed by atoms with van der Waals surface area (Å²) in [5.74, 6) is 0.480. The molecule has 0 saturated carbocycles. The van der Waals surface area contributed by atoms with Crippen LogP contribution in [0.4, 0.5) is 0 Å². The quantitative estimate of drug-likeness (QED) is 0.743. The highest BCUT2D eigenvalue weighted by Gasteiger charge is 2.45. The number of nitrogens with zero attached hydrogens (tertiary/aromatic N) is 2. The van der Waals surface area contributed by atoms with E-state index < -0.39 is 10.8 Å². The average molecular weight is 305 g/mol. The Hall–Kier alpha value is -0.650. The van der Waals surface area contributed by atoms with E-state index in [0.717, 1.165) is 6.42 Å². The predicted octanol–water partition coefficient (Wildman–Crippen LogP) is 1.73. The van der Waals surface area contributed by atoms with Crippen LogP contribution in [0.2, 0.25) is 10.3 Å². The van der Waals surface area contributed by atoms with Crippen molar-refractivity contribution in [3.8, 4) is 0 Å². The molecule has 7 heteroatoms. The number of pyridine rings is 1. The van der Waals surface area contributed by atoms with E-state index >= 15 is 0 Å². The van der Waals surface area contributed by atoms with Crippen molar-refractivity contribution in [3.63, 3.8) is 0 Å². The molecule has 2 aliphatic rings. The molecule has 3 heterocycles. The van der Waals surface area contributed by atoms with E-state index in [1.165, 1.54) is 12.1 Å². The van der Waals surface area contributed by atoms with Gasteiger partial charge in [-0.25, -0.2) is 4.98 Å². The molecule has 0 aromatic carbocycles. The van der Waals surface area contributed by atoms with E-state index in [-0.39, 0.29) is 27.5 Å². The van der Waals surface area contributed by atoms with Crippen LogP contribution >= 0.6 is 23.2 Å². The number of hydrogen-bond donors (Lipinski definition) is 0. The zero-order valence-corrected chi connectivity index (χ0v) is 11.6. The van der Waals surface area contributed by atoms with Gasteiger partial charge in [0.1, 0.15) is 10.3 Å². The Morgan fingerprint density at radius 2 is 2.06 bits per heavy atom. The van der Waals surface area contributed by atoms with E-state index in [2.05, 4.69) is 4.98 Å². The molecule has 2 aliphatic heterocycles. The molecule has 0 radical (unpaired) electrons. The van der Waals surface area contributed by atoms with Gasteiger partial charge in [0.05, 0.1) is 5.25 Å². The third-order valence-electron chi connectivity index (χ3n) is 3.38. The fourth-order valence-electron chi connectivity index (χ4n) is 2.55. The highest BCUT2D eigenvalue weighted by molar-refractivity contribution is 7.86. The van der Waals surface area contributed by atoms with Crippen molar-refractivity contribution >= 4 is 39.9 Å². The maximum absolute atomic E-state index is 12.3. The Kier molecular flexibility index (Phi) is 3.08. The van der Waals surface area contributed by atoms with Crippen molar-refractivity contribution in [2.24, 2.45) is 0 Å². The number of aromatic nitrogens is 1. The number of amides is 1. The molecule has 2 saturated heterocycles. The van der Waals surface area contributed by atoms with Crippen molar-refractivity contribution in [3.05, 3.63) is 28.0 Å². The lowest BCUT2D eigenvalue weighted by atomic mass is 10.2. The van der Waals surface area contributed by atoms with Crippen LogP contribution in [0.1, 0.15) is 16.8 Å². The van der Waals surface area contributed by atoms with Gasteiger partial charge >= 0.3 is 0 Å². The van der Waals surface area contributed by atoms with Crippen LogP contribution in [0.5, 0.6) is 0 Å². The van der Waals surface area contributed by atoms with Crippen molar-refractivity contribution in [2.75, 3.05) is 12.3 Å². The molecule has 2 fully saturated rings. The van der Waals surface area contributed by atoms with Gasteiger partial charge in [-0.05, 0) is 18.6 Å². The molecule has 2 bridgehead atoms. The Morgan fingerprint density at radius 3 is 2.56 bits per heavy atom. The third kappa shape index (κ3) is 2.04. The normalized spacial score (nSPS) is 29.9. The SMILES string of the molecule is O=C(c1cc(Cl)nc(Cl)c1)N1C[C@@H]2C[C@H]1CS2=O. The highest BCUT2D eigenvalue weighted by Crippen LogP contribution is 2.32. The fourth-order valence-corrected chi connectivity index (χ4v) is 4.74. The van der Waals surface area contributed by atoms with Crippen LogP contribution in [0.3, 0.4) is 0 Å². The van der Waals surface area contributed by atoms with Crippen molar-refractivity contribution in [1.82, 2.24) is 9.88 Å². The van der Waals surface area contributed by atoms with E-state index in [0.29, 0.717) is 17.9 Å². The second-order valence-corrected chi connectivity index (χ2v) is 7.05. The van der Waals surface area contributed by atoms with Crippen LogP contribution < -0.4 is 0 Å². The summed E-state index contributed by atoms with van der Waals surface area (Å²) in [6, 6.07) is 3.12. The van der Waals surface area contributed by atoms with Crippen LogP contribution in [0, 0.1) is 0 Å². The minimum absolute atomic E-state index is 0.0917. The van der Waals surface area contributed by atoms with Gasteiger partial charge in [-0.3, -0.25) is 9.00 Å². The number of fused-ring (bicyclic) bond motifs is 2. The molecule has 3 atom stereocenters. The van der Waals surface area contributed by atoms with E-state index in [4.69, 9.17) is 23.2 Å². The molecular formula is C11H10Cl2N2O2S. The van der Waals surface area contributed by atoms with Gasteiger partial charge in [-0.2, -0.15) is 0 Å². The number of carbonyl (C=O) groups is 1. The number of likely N-dealkylation sites (tertiary alicyclic amines) is 1. The van der Waals surface area contributed by atoms with Gasteiger partial charge in [0, 0.05) is 34.7 Å². The topological polar surface area (TPSA) is 50.3 Å². The summed E-state index contributed by atoms with van der Waals surface area (Å²) in [5.41, 5.74) is 0.443. The lowest BCUT2D eigenvalue weighted by molar-refractivity contribution is 0.0746. The molecule has 1 unspecified atom stereocenters. The third-order valence-corrected chi connectivity index (χ3v) is 5.56. The summed E-state index contributed by atoms with van der Waals surface area (Å²) in [4.78, 5) is 17.9. The molecule has 1 aromatic rings.